The minimum absolute atomic E-state index is 0.171. The first-order chi connectivity index (χ1) is 18.0. The summed E-state index contributed by atoms with van der Waals surface area (Å²) in [4.78, 5) is 46.5. The van der Waals surface area contributed by atoms with Gasteiger partial charge in [-0.25, -0.2) is 9.69 Å². The number of hydrogen-bond donors (Lipinski definition) is 1. The van der Waals surface area contributed by atoms with Gasteiger partial charge < -0.3 is 19.7 Å². The van der Waals surface area contributed by atoms with Gasteiger partial charge in [-0.05, 0) is 66.9 Å². The fraction of sp³-hybridized carbons (Fsp3) is 0.286. The maximum absolute atomic E-state index is 13.5. The van der Waals surface area contributed by atoms with E-state index in [9.17, 15) is 14.4 Å². The average molecular weight is 503 g/mol. The van der Waals surface area contributed by atoms with Gasteiger partial charge in [-0.3, -0.25) is 14.6 Å². The van der Waals surface area contributed by atoms with Gasteiger partial charge in [0.1, 0.15) is 17.5 Å². The number of amides is 4. The molecule has 3 aromatic rings. The minimum Gasteiger partial charge on any atom is -0.497 e. The fourth-order valence-electron chi connectivity index (χ4n) is 4.12. The highest BCUT2D eigenvalue weighted by Crippen LogP contribution is 2.30. The number of anilines is 2. The molecule has 4 amide bonds. The molecule has 0 aliphatic carbocycles. The molecule has 2 heterocycles. The molecule has 0 saturated carbocycles. The van der Waals surface area contributed by atoms with Crippen molar-refractivity contribution >= 4 is 29.2 Å². The molecule has 1 saturated heterocycles. The van der Waals surface area contributed by atoms with Gasteiger partial charge >= 0.3 is 6.03 Å². The molecule has 0 unspecified atom stereocenters. The van der Waals surface area contributed by atoms with Gasteiger partial charge in [-0.2, -0.15) is 0 Å². The molecule has 0 spiro atoms. The summed E-state index contributed by atoms with van der Waals surface area (Å²) in [5.41, 5.74) is 1.95. The summed E-state index contributed by atoms with van der Waals surface area (Å²) in [5, 5.41) is 2.82. The Morgan fingerprint density at radius 1 is 1.03 bits per heavy atom. The smallest absolute Gasteiger partial charge is 0.332 e. The largest absolute Gasteiger partial charge is 0.497 e. The van der Waals surface area contributed by atoms with Gasteiger partial charge in [-0.1, -0.05) is 13.0 Å². The van der Waals surface area contributed by atoms with Crippen LogP contribution in [-0.2, 0) is 16.0 Å². The Morgan fingerprint density at radius 3 is 2.49 bits per heavy atom. The summed E-state index contributed by atoms with van der Waals surface area (Å²) in [7, 11) is 1.52. The van der Waals surface area contributed by atoms with Crippen molar-refractivity contribution in [1.82, 2.24) is 9.88 Å². The summed E-state index contributed by atoms with van der Waals surface area (Å²) in [6, 6.07) is 16.1. The van der Waals surface area contributed by atoms with Crippen molar-refractivity contribution in [2.75, 3.05) is 30.5 Å². The highest BCUT2D eigenvalue weighted by molar-refractivity contribution is 6.22. The lowest BCUT2D eigenvalue weighted by atomic mass is 10.1. The van der Waals surface area contributed by atoms with E-state index in [1.807, 2.05) is 19.1 Å². The second-order valence-corrected chi connectivity index (χ2v) is 8.60. The number of carbonyl (C=O) groups excluding carboxylic acids is 3. The van der Waals surface area contributed by atoms with E-state index < -0.39 is 18.0 Å². The number of imide groups is 1. The second-order valence-electron chi connectivity index (χ2n) is 8.60. The van der Waals surface area contributed by atoms with Crippen LogP contribution in [0.5, 0.6) is 11.5 Å². The number of urea groups is 1. The Labute approximate surface area is 216 Å². The molecule has 1 aromatic heterocycles. The SMILES string of the molecule is CCCOc1ccc(NC(=O)C[C@H]2C(=O)N(c3cccc(OC)c3)C(=O)N2CCc2ccncc2)cc1. The predicted molar refractivity (Wildman–Crippen MR) is 140 cm³/mol. The van der Waals surface area contributed by atoms with Crippen LogP contribution in [0.4, 0.5) is 16.2 Å². The lowest BCUT2D eigenvalue weighted by Crippen LogP contribution is -2.39. The van der Waals surface area contributed by atoms with Crippen LogP contribution in [-0.4, -0.2) is 54.0 Å². The van der Waals surface area contributed by atoms with Crippen molar-refractivity contribution in [1.29, 1.82) is 0 Å². The van der Waals surface area contributed by atoms with Gasteiger partial charge in [0, 0.05) is 30.7 Å². The minimum atomic E-state index is -0.937. The molecular weight excluding hydrogens is 472 g/mol. The molecule has 192 valence electrons. The molecule has 9 nitrogen and oxygen atoms in total. The number of methoxy groups -OCH3 is 1. The summed E-state index contributed by atoms with van der Waals surface area (Å²) in [6.45, 7) is 2.92. The first-order valence-corrected chi connectivity index (χ1v) is 12.2. The van der Waals surface area contributed by atoms with Crippen LogP contribution in [0.2, 0.25) is 0 Å². The Hall–Kier alpha value is -4.40. The molecule has 1 atom stereocenters. The molecule has 1 aliphatic heterocycles. The van der Waals surface area contributed by atoms with E-state index in [1.165, 1.54) is 12.0 Å². The number of rotatable bonds is 11. The van der Waals surface area contributed by atoms with Gasteiger partial charge in [-0.15, -0.1) is 0 Å². The zero-order chi connectivity index (χ0) is 26.2. The van der Waals surface area contributed by atoms with E-state index >= 15 is 0 Å². The second kappa shape index (κ2) is 12.0. The van der Waals surface area contributed by atoms with E-state index in [0.717, 1.165) is 16.9 Å². The summed E-state index contributed by atoms with van der Waals surface area (Å²) in [5.74, 6) is 0.419. The fourth-order valence-corrected chi connectivity index (χ4v) is 4.12. The molecule has 37 heavy (non-hydrogen) atoms. The average Bonchev–Trinajstić information content (AvgIpc) is 3.15. The predicted octanol–water partition coefficient (Wildman–Crippen LogP) is 4.29. The van der Waals surface area contributed by atoms with Crippen LogP contribution >= 0.6 is 0 Å². The van der Waals surface area contributed by atoms with Gasteiger partial charge in [0.25, 0.3) is 5.91 Å². The topological polar surface area (TPSA) is 101 Å². The van der Waals surface area contributed by atoms with E-state index in [4.69, 9.17) is 9.47 Å². The van der Waals surface area contributed by atoms with Crippen LogP contribution in [0.1, 0.15) is 25.3 Å². The lowest BCUT2D eigenvalue weighted by Gasteiger charge is -2.21. The van der Waals surface area contributed by atoms with Crippen LogP contribution < -0.4 is 19.7 Å². The van der Waals surface area contributed by atoms with Crippen molar-refractivity contribution in [3.63, 3.8) is 0 Å². The molecule has 2 aromatic carbocycles. The summed E-state index contributed by atoms with van der Waals surface area (Å²) >= 11 is 0. The molecule has 1 N–H and O–H groups in total. The van der Waals surface area contributed by atoms with Crippen molar-refractivity contribution in [3.05, 3.63) is 78.6 Å². The number of hydrogen-bond acceptors (Lipinski definition) is 6. The number of nitrogens with zero attached hydrogens (tertiary/aromatic N) is 3. The van der Waals surface area contributed by atoms with Crippen molar-refractivity contribution in [2.24, 2.45) is 0 Å². The van der Waals surface area contributed by atoms with Crippen molar-refractivity contribution in [2.45, 2.75) is 32.2 Å². The third-order valence-electron chi connectivity index (χ3n) is 6.01. The zero-order valence-electron chi connectivity index (χ0n) is 20.9. The first kappa shape index (κ1) is 25.7. The number of pyridine rings is 1. The standard InChI is InChI=1S/C28H30N4O5/c1-3-17-37-23-9-7-21(8-10-23)30-26(33)19-25-27(34)32(22-5-4-6-24(18-22)36-2)28(35)31(25)16-13-20-11-14-29-15-12-20/h4-12,14-15,18,25H,3,13,16-17,19H2,1-2H3,(H,30,33)/t25-/m0/s1. The zero-order valence-corrected chi connectivity index (χ0v) is 20.9. The van der Waals surface area contributed by atoms with Gasteiger partial charge in [0.15, 0.2) is 0 Å². The van der Waals surface area contributed by atoms with E-state index in [1.54, 1.807) is 60.9 Å². The molecule has 1 aliphatic rings. The highest BCUT2D eigenvalue weighted by atomic mass is 16.5. The van der Waals surface area contributed by atoms with Crippen molar-refractivity contribution in [3.8, 4) is 11.5 Å². The van der Waals surface area contributed by atoms with Gasteiger partial charge in [0.05, 0.1) is 25.8 Å². The van der Waals surface area contributed by atoms with Crippen LogP contribution in [0.3, 0.4) is 0 Å². The number of aromatic nitrogens is 1. The Bertz CT molecular complexity index is 1230. The van der Waals surface area contributed by atoms with Crippen LogP contribution in [0.25, 0.3) is 0 Å². The number of nitrogens with one attached hydrogen (secondary N) is 1. The third-order valence-corrected chi connectivity index (χ3v) is 6.01. The van der Waals surface area contributed by atoms with Crippen molar-refractivity contribution < 1.29 is 23.9 Å². The third kappa shape index (κ3) is 6.24. The van der Waals surface area contributed by atoms with Crippen LogP contribution in [0.15, 0.2) is 73.1 Å². The van der Waals surface area contributed by atoms with E-state index in [0.29, 0.717) is 35.9 Å². The number of carbonyl (C=O) groups is 3. The number of ether oxygens (including phenoxy) is 2. The quantitative estimate of drug-likeness (QED) is 0.393. The molecule has 0 radical (unpaired) electrons. The molecule has 9 heteroatoms. The maximum Gasteiger partial charge on any atom is 0.332 e. The van der Waals surface area contributed by atoms with E-state index in [-0.39, 0.29) is 18.9 Å². The Morgan fingerprint density at radius 2 is 1.78 bits per heavy atom. The number of benzene rings is 2. The Kier molecular flexibility index (Phi) is 8.35. The Balaban J connectivity index is 1.51. The maximum atomic E-state index is 13.5. The van der Waals surface area contributed by atoms with Crippen LogP contribution in [0, 0.1) is 0 Å². The molecule has 1 fully saturated rings. The first-order valence-electron chi connectivity index (χ1n) is 12.2. The molecule has 0 bridgehead atoms. The molecular formula is C28H30N4O5. The van der Waals surface area contributed by atoms with E-state index in [2.05, 4.69) is 10.3 Å². The monoisotopic (exact) mass is 502 g/mol. The highest BCUT2D eigenvalue weighted by Gasteiger charge is 2.46. The lowest BCUT2D eigenvalue weighted by molar-refractivity contribution is -0.124. The molecule has 4 rings (SSSR count). The van der Waals surface area contributed by atoms with Gasteiger partial charge in [0.2, 0.25) is 5.91 Å². The summed E-state index contributed by atoms with van der Waals surface area (Å²) < 4.78 is 10.8. The normalized spacial score (nSPS) is 15.1. The summed E-state index contributed by atoms with van der Waals surface area (Å²) in [6.07, 6.45) is 4.61.